The Labute approximate surface area is 154 Å². The second-order valence-electron chi connectivity index (χ2n) is 7.80. The van der Waals surface area contributed by atoms with E-state index in [1.807, 2.05) is 15.8 Å². The summed E-state index contributed by atoms with van der Waals surface area (Å²) >= 11 is 0. The minimum Gasteiger partial charge on any atom is -0.337 e. The minimum absolute atomic E-state index is 0.00938. The fourth-order valence-electron chi connectivity index (χ4n) is 4.11. The van der Waals surface area contributed by atoms with Gasteiger partial charge < -0.3 is 10.2 Å². The molecule has 1 N–H and O–H groups in total. The Morgan fingerprint density at radius 2 is 2.00 bits per heavy atom. The third-order valence-electron chi connectivity index (χ3n) is 6.00. The summed E-state index contributed by atoms with van der Waals surface area (Å²) in [5.41, 5.74) is 1.98. The highest BCUT2D eigenvalue weighted by molar-refractivity contribution is 5.92. The van der Waals surface area contributed by atoms with Gasteiger partial charge in [0.25, 0.3) is 5.91 Å². The SMILES string of the molecule is CC1(c2ccccc2)CCN(C(=O)c2cn(C3CCCNC3)nn2)CC1. The van der Waals surface area contributed by atoms with Gasteiger partial charge in [0.05, 0.1) is 12.2 Å². The first-order valence-corrected chi connectivity index (χ1v) is 9.63. The Hall–Kier alpha value is -2.21. The maximum atomic E-state index is 12.8. The van der Waals surface area contributed by atoms with Gasteiger partial charge in [0.1, 0.15) is 0 Å². The third-order valence-corrected chi connectivity index (χ3v) is 6.00. The fraction of sp³-hybridized carbons (Fsp3) is 0.550. The van der Waals surface area contributed by atoms with Gasteiger partial charge in [-0.15, -0.1) is 5.10 Å². The van der Waals surface area contributed by atoms with E-state index in [4.69, 9.17) is 0 Å². The number of rotatable bonds is 3. The Kier molecular flexibility index (Phi) is 4.76. The number of likely N-dealkylation sites (tertiary alicyclic amines) is 1. The molecule has 0 aliphatic carbocycles. The van der Waals surface area contributed by atoms with Crippen LogP contribution < -0.4 is 5.32 Å². The molecule has 1 amide bonds. The molecule has 2 saturated heterocycles. The predicted octanol–water partition coefficient (Wildman–Crippen LogP) is 2.40. The molecule has 0 bridgehead atoms. The van der Waals surface area contributed by atoms with Gasteiger partial charge >= 0.3 is 0 Å². The number of aromatic nitrogens is 3. The first kappa shape index (κ1) is 17.2. The van der Waals surface area contributed by atoms with E-state index in [1.54, 1.807) is 0 Å². The number of nitrogens with zero attached hydrogens (tertiary/aromatic N) is 4. The van der Waals surface area contributed by atoms with Crippen molar-refractivity contribution in [3.63, 3.8) is 0 Å². The molecule has 2 aromatic rings. The van der Waals surface area contributed by atoms with E-state index in [-0.39, 0.29) is 11.3 Å². The van der Waals surface area contributed by atoms with Crippen molar-refractivity contribution >= 4 is 5.91 Å². The number of hydrogen-bond acceptors (Lipinski definition) is 4. The van der Waals surface area contributed by atoms with Crippen molar-refractivity contribution < 1.29 is 4.79 Å². The average molecular weight is 353 g/mol. The monoisotopic (exact) mass is 353 g/mol. The number of hydrogen-bond donors (Lipinski definition) is 1. The highest BCUT2D eigenvalue weighted by Crippen LogP contribution is 2.35. The summed E-state index contributed by atoms with van der Waals surface area (Å²) in [6, 6.07) is 10.9. The first-order chi connectivity index (χ1) is 12.7. The molecular formula is C20H27N5O. The van der Waals surface area contributed by atoms with Crippen LogP contribution in [0, 0.1) is 0 Å². The van der Waals surface area contributed by atoms with Crippen LogP contribution in [0.5, 0.6) is 0 Å². The van der Waals surface area contributed by atoms with Crippen molar-refractivity contribution in [2.45, 2.75) is 44.1 Å². The van der Waals surface area contributed by atoms with E-state index in [0.717, 1.165) is 51.9 Å². The molecule has 0 radical (unpaired) electrons. The minimum atomic E-state index is 0.00938. The van der Waals surface area contributed by atoms with Gasteiger partial charge in [-0.2, -0.15) is 0 Å². The van der Waals surface area contributed by atoms with E-state index in [9.17, 15) is 4.79 Å². The molecule has 6 heteroatoms. The standard InChI is InChI=1S/C20H27N5O/c1-20(16-6-3-2-4-7-16)9-12-24(13-10-20)19(26)18-15-25(23-22-18)17-8-5-11-21-14-17/h2-4,6-7,15,17,21H,5,8-14H2,1H3. The molecule has 4 rings (SSSR count). The van der Waals surface area contributed by atoms with Gasteiger partial charge in [-0.25, -0.2) is 4.68 Å². The predicted molar refractivity (Wildman–Crippen MR) is 100 cm³/mol. The molecule has 1 aromatic carbocycles. The van der Waals surface area contributed by atoms with Crippen molar-refractivity contribution in [2.75, 3.05) is 26.2 Å². The lowest BCUT2D eigenvalue weighted by Crippen LogP contribution is -2.44. The highest BCUT2D eigenvalue weighted by atomic mass is 16.2. The van der Waals surface area contributed by atoms with Gasteiger partial charge in [-0.3, -0.25) is 4.79 Å². The van der Waals surface area contributed by atoms with E-state index >= 15 is 0 Å². The molecule has 1 aromatic heterocycles. The molecular weight excluding hydrogens is 326 g/mol. The lowest BCUT2D eigenvalue weighted by molar-refractivity contribution is 0.0670. The van der Waals surface area contributed by atoms with Gasteiger partial charge in [-0.05, 0) is 43.2 Å². The van der Waals surface area contributed by atoms with Gasteiger partial charge in [0.2, 0.25) is 0 Å². The number of carbonyl (C=O) groups is 1. The summed E-state index contributed by atoms with van der Waals surface area (Å²) in [7, 11) is 0. The van der Waals surface area contributed by atoms with Crippen LogP contribution in [0.15, 0.2) is 36.5 Å². The van der Waals surface area contributed by atoms with Crippen molar-refractivity contribution in [1.29, 1.82) is 0 Å². The quantitative estimate of drug-likeness (QED) is 0.920. The molecule has 2 aliphatic heterocycles. The van der Waals surface area contributed by atoms with Crippen LogP contribution in [0.3, 0.4) is 0 Å². The van der Waals surface area contributed by atoms with Crippen LogP contribution in [-0.4, -0.2) is 52.0 Å². The molecule has 3 heterocycles. The summed E-state index contributed by atoms with van der Waals surface area (Å²) in [6.07, 6.45) is 6.00. The van der Waals surface area contributed by atoms with Crippen molar-refractivity contribution in [3.8, 4) is 0 Å². The number of nitrogens with one attached hydrogen (secondary N) is 1. The zero-order chi connectivity index (χ0) is 18.0. The van der Waals surface area contributed by atoms with E-state index < -0.39 is 0 Å². The molecule has 26 heavy (non-hydrogen) atoms. The van der Waals surface area contributed by atoms with Crippen molar-refractivity contribution in [1.82, 2.24) is 25.2 Å². The maximum absolute atomic E-state index is 12.8. The number of carbonyl (C=O) groups excluding carboxylic acids is 1. The first-order valence-electron chi connectivity index (χ1n) is 9.63. The van der Waals surface area contributed by atoms with E-state index in [1.165, 1.54) is 5.56 Å². The molecule has 1 unspecified atom stereocenters. The normalized spacial score (nSPS) is 23.0. The maximum Gasteiger partial charge on any atom is 0.276 e. The average Bonchev–Trinajstić information content (AvgIpc) is 3.20. The topological polar surface area (TPSA) is 63.1 Å². The lowest BCUT2D eigenvalue weighted by atomic mass is 9.74. The number of amides is 1. The van der Waals surface area contributed by atoms with E-state index in [2.05, 4.69) is 52.9 Å². The van der Waals surface area contributed by atoms with Gasteiger partial charge in [0, 0.05) is 19.6 Å². The zero-order valence-corrected chi connectivity index (χ0v) is 15.4. The van der Waals surface area contributed by atoms with Crippen LogP contribution in [-0.2, 0) is 5.41 Å². The summed E-state index contributed by atoms with van der Waals surface area (Å²) in [6.45, 7) is 5.79. The Morgan fingerprint density at radius 3 is 2.69 bits per heavy atom. The third kappa shape index (κ3) is 3.38. The molecule has 2 fully saturated rings. The van der Waals surface area contributed by atoms with Crippen molar-refractivity contribution in [2.24, 2.45) is 0 Å². The largest absolute Gasteiger partial charge is 0.337 e. The summed E-state index contributed by atoms with van der Waals surface area (Å²) in [4.78, 5) is 14.8. The van der Waals surface area contributed by atoms with Gasteiger partial charge in [-0.1, -0.05) is 42.5 Å². The summed E-state index contributed by atoms with van der Waals surface area (Å²) in [5, 5.41) is 11.7. The van der Waals surface area contributed by atoms with Gasteiger partial charge in [0.15, 0.2) is 5.69 Å². The Bertz CT molecular complexity index is 743. The smallest absolute Gasteiger partial charge is 0.276 e. The highest BCUT2D eigenvalue weighted by Gasteiger charge is 2.34. The molecule has 0 saturated carbocycles. The molecule has 2 aliphatic rings. The number of piperidine rings is 2. The Balaban J connectivity index is 1.40. The zero-order valence-electron chi connectivity index (χ0n) is 15.4. The Morgan fingerprint density at radius 1 is 1.23 bits per heavy atom. The van der Waals surface area contributed by atoms with Crippen LogP contribution in [0.2, 0.25) is 0 Å². The molecule has 6 nitrogen and oxygen atoms in total. The van der Waals surface area contributed by atoms with Crippen LogP contribution in [0.25, 0.3) is 0 Å². The van der Waals surface area contributed by atoms with Crippen LogP contribution in [0.1, 0.15) is 54.7 Å². The fourth-order valence-corrected chi connectivity index (χ4v) is 4.11. The molecule has 1 atom stereocenters. The van der Waals surface area contributed by atoms with Crippen LogP contribution >= 0.6 is 0 Å². The molecule has 0 spiro atoms. The lowest BCUT2D eigenvalue weighted by Gasteiger charge is -2.39. The summed E-state index contributed by atoms with van der Waals surface area (Å²) < 4.78 is 1.86. The second-order valence-corrected chi connectivity index (χ2v) is 7.80. The second kappa shape index (κ2) is 7.19. The molecule has 138 valence electrons. The summed E-state index contributed by atoms with van der Waals surface area (Å²) in [5.74, 6) is 0.00938. The van der Waals surface area contributed by atoms with E-state index in [0.29, 0.717) is 11.7 Å². The van der Waals surface area contributed by atoms with Crippen LogP contribution in [0.4, 0.5) is 0 Å². The number of benzene rings is 1. The van der Waals surface area contributed by atoms with Crippen molar-refractivity contribution in [3.05, 3.63) is 47.8 Å².